The number of amides is 1. The van der Waals surface area contributed by atoms with Crippen molar-refractivity contribution in [3.8, 4) is 10.4 Å². The summed E-state index contributed by atoms with van der Waals surface area (Å²) >= 11 is 1.49. The van der Waals surface area contributed by atoms with Gasteiger partial charge in [-0.05, 0) is 55.0 Å². The van der Waals surface area contributed by atoms with Gasteiger partial charge in [-0.15, -0.1) is 11.3 Å². The van der Waals surface area contributed by atoms with Gasteiger partial charge < -0.3 is 21.8 Å². The van der Waals surface area contributed by atoms with Crippen LogP contribution in [0.4, 0.5) is 24.5 Å². The normalized spacial score (nSPS) is 15.3. The Labute approximate surface area is 232 Å². The zero-order chi connectivity index (χ0) is 28.4. The standard InChI is InChI=1S/C30H24F3N5OS/c1-17-26(29(39)37-22-11-12-23(35)20(15-22)16-34)27(25-14-13-24(40-25)18-5-3-2-4-6-18)38-28(36-17)19-7-9-21(10-8-19)30(31,32)33/h2-16,27,34H,35H2,1H3,(H,36,38)(H,37,39). The monoisotopic (exact) mass is 559 g/mol. The lowest BCUT2D eigenvalue weighted by Crippen LogP contribution is -2.33. The molecular formula is C30H24F3N5OS. The quantitative estimate of drug-likeness (QED) is 0.151. The van der Waals surface area contributed by atoms with Gasteiger partial charge in [0.15, 0.2) is 0 Å². The van der Waals surface area contributed by atoms with Crippen molar-refractivity contribution in [3.05, 3.63) is 118 Å². The van der Waals surface area contributed by atoms with Crippen molar-refractivity contribution >= 4 is 40.7 Å². The summed E-state index contributed by atoms with van der Waals surface area (Å²) in [6.45, 7) is 1.73. The molecule has 5 N–H and O–H groups in total. The molecule has 0 aliphatic carbocycles. The van der Waals surface area contributed by atoms with Crippen molar-refractivity contribution in [3.63, 3.8) is 0 Å². The molecule has 0 saturated heterocycles. The largest absolute Gasteiger partial charge is 0.416 e. The Kier molecular flexibility index (Phi) is 7.27. The van der Waals surface area contributed by atoms with Crippen LogP contribution in [-0.4, -0.2) is 18.0 Å². The fourth-order valence-electron chi connectivity index (χ4n) is 4.37. The molecule has 1 aromatic heterocycles. The molecule has 1 aliphatic rings. The van der Waals surface area contributed by atoms with Crippen molar-refractivity contribution in [2.75, 3.05) is 11.1 Å². The Balaban J connectivity index is 1.53. The molecule has 0 bridgehead atoms. The first-order chi connectivity index (χ1) is 19.1. The van der Waals surface area contributed by atoms with E-state index < -0.39 is 23.7 Å². The van der Waals surface area contributed by atoms with Crippen LogP contribution in [0.3, 0.4) is 0 Å². The van der Waals surface area contributed by atoms with Crippen LogP contribution in [0.2, 0.25) is 0 Å². The Morgan fingerprint density at radius 3 is 2.42 bits per heavy atom. The predicted octanol–water partition coefficient (Wildman–Crippen LogP) is 7.02. The van der Waals surface area contributed by atoms with Gasteiger partial charge in [-0.25, -0.2) is 0 Å². The number of nitrogens with two attached hydrogens (primary N) is 1. The van der Waals surface area contributed by atoms with Crippen LogP contribution in [0.5, 0.6) is 0 Å². The number of hydrogen-bond acceptors (Lipinski definition) is 6. The van der Waals surface area contributed by atoms with E-state index in [9.17, 15) is 18.0 Å². The second-order valence-electron chi connectivity index (χ2n) is 9.13. The summed E-state index contributed by atoms with van der Waals surface area (Å²) in [7, 11) is 0. The minimum Gasteiger partial charge on any atom is -0.398 e. The second-order valence-corrected chi connectivity index (χ2v) is 10.2. The molecule has 4 aromatic rings. The number of halogens is 3. The fourth-order valence-corrected chi connectivity index (χ4v) is 5.44. The van der Waals surface area contributed by atoms with E-state index >= 15 is 0 Å². The van der Waals surface area contributed by atoms with E-state index in [1.807, 2.05) is 42.5 Å². The van der Waals surface area contributed by atoms with E-state index in [-0.39, 0.29) is 0 Å². The van der Waals surface area contributed by atoms with E-state index in [0.29, 0.717) is 39.6 Å². The number of rotatable bonds is 6. The van der Waals surface area contributed by atoms with E-state index in [0.717, 1.165) is 33.7 Å². The Hall–Kier alpha value is -4.70. The molecule has 1 aliphatic heterocycles. The number of thiophene rings is 1. The highest BCUT2D eigenvalue weighted by molar-refractivity contribution is 7.15. The van der Waals surface area contributed by atoms with E-state index in [1.165, 1.54) is 23.5 Å². The molecule has 202 valence electrons. The van der Waals surface area contributed by atoms with E-state index in [2.05, 4.69) is 10.6 Å². The second kappa shape index (κ2) is 10.8. The smallest absolute Gasteiger partial charge is 0.398 e. The number of amidine groups is 1. The summed E-state index contributed by atoms with van der Waals surface area (Å²) in [4.78, 5) is 20.2. The maximum absolute atomic E-state index is 13.6. The van der Waals surface area contributed by atoms with Gasteiger partial charge in [0.2, 0.25) is 0 Å². The fraction of sp³-hybridized carbons (Fsp3) is 0.100. The average molecular weight is 560 g/mol. The number of anilines is 2. The topological polar surface area (TPSA) is 103 Å². The summed E-state index contributed by atoms with van der Waals surface area (Å²) in [6, 6.07) is 22.6. The third kappa shape index (κ3) is 5.52. The molecule has 6 nitrogen and oxygen atoms in total. The van der Waals surface area contributed by atoms with E-state index in [1.54, 1.807) is 25.1 Å². The van der Waals surface area contributed by atoms with Crippen molar-refractivity contribution in [1.29, 1.82) is 5.41 Å². The first-order valence-electron chi connectivity index (χ1n) is 12.2. The summed E-state index contributed by atoms with van der Waals surface area (Å²) in [5.41, 5.74) is 8.85. The van der Waals surface area contributed by atoms with Crippen molar-refractivity contribution < 1.29 is 18.0 Å². The van der Waals surface area contributed by atoms with Crippen LogP contribution in [0.25, 0.3) is 10.4 Å². The third-order valence-corrected chi connectivity index (χ3v) is 7.61. The summed E-state index contributed by atoms with van der Waals surface area (Å²) in [6.07, 6.45) is -3.34. The predicted molar refractivity (Wildman–Crippen MR) is 154 cm³/mol. The molecule has 2 heterocycles. The minimum atomic E-state index is -4.45. The third-order valence-electron chi connectivity index (χ3n) is 6.43. The van der Waals surface area contributed by atoms with Crippen molar-refractivity contribution in [2.45, 2.75) is 19.1 Å². The summed E-state index contributed by atoms with van der Waals surface area (Å²) in [5.74, 6) is -0.0402. The molecule has 5 rings (SSSR count). The lowest BCUT2D eigenvalue weighted by atomic mass is 9.99. The van der Waals surface area contributed by atoms with Gasteiger partial charge in [0.1, 0.15) is 11.9 Å². The summed E-state index contributed by atoms with van der Waals surface area (Å²) < 4.78 is 39.4. The Morgan fingerprint density at radius 2 is 1.75 bits per heavy atom. The van der Waals surface area contributed by atoms with Gasteiger partial charge >= 0.3 is 6.18 Å². The summed E-state index contributed by atoms with van der Waals surface area (Å²) in [5, 5.41) is 13.5. The van der Waals surface area contributed by atoms with Gasteiger partial charge in [0.05, 0.1) is 11.1 Å². The highest BCUT2D eigenvalue weighted by atomic mass is 32.1. The zero-order valence-corrected chi connectivity index (χ0v) is 22.0. The van der Waals surface area contributed by atoms with Gasteiger partial charge in [-0.3, -0.25) is 9.79 Å². The van der Waals surface area contributed by atoms with Crippen LogP contribution < -0.4 is 16.4 Å². The molecule has 0 fully saturated rings. The number of hydrogen-bond donors (Lipinski definition) is 4. The molecule has 1 atom stereocenters. The number of carbonyl (C=O) groups is 1. The number of alkyl halides is 3. The SMILES string of the molecule is CC1=C(C(=O)Nc2ccc(N)c(C=N)c2)C(c2ccc(-c3ccccc3)s2)N=C(c2ccc(C(F)(F)F)cc2)N1. The van der Waals surface area contributed by atoms with Gasteiger partial charge in [0.25, 0.3) is 5.91 Å². The first kappa shape index (κ1) is 26.9. The highest BCUT2D eigenvalue weighted by Crippen LogP contribution is 2.39. The number of allylic oxidation sites excluding steroid dienone is 1. The molecule has 1 amide bonds. The van der Waals surface area contributed by atoms with Crippen LogP contribution >= 0.6 is 11.3 Å². The van der Waals surface area contributed by atoms with Crippen molar-refractivity contribution in [1.82, 2.24) is 5.32 Å². The maximum atomic E-state index is 13.6. The number of nitrogens with zero attached hydrogens (tertiary/aromatic N) is 1. The molecule has 0 spiro atoms. The van der Waals surface area contributed by atoms with Crippen LogP contribution in [0.15, 0.2) is 101 Å². The molecule has 1 unspecified atom stereocenters. The number of carbonyl (C=O) groups excluding carboxylic acids is 1. The van der Waals surface area contributed by atoms with Crippen LogP contribution in [-0.2, 0) is 11.0 Å². The van der Waals surface area contributed by atoms with Gasteiger partial charge in [0, 0.05) is 44.2 Å². The molecule has 0 radical (unpaired) electrons. The zero-order valence-electron chi connectivity index (χ0n) is 21.2. The Morgan fingerprint density at radius 1 is 1.02 bits per heavy atom. The van der Waals surface area contributed by atoms with Crippen LogP contribution in [0, 0.1) is 5.41 Å². The van der Waals surface area contributed by atoms with Gasteiger partial charge in [-0.2, -0.15) is 13.2 Å². The molecule has 0 saturated carbocycles. The molecule has 3 aromatic carbocycles. The molecular weight excluding hydrogens is 535 g/mol. The number of benzene rings is 3. The lowest BCUT2D eigenvalue weighted by Gasteiger charge is -2.26. The minimum absolute atomic E-state index is 0.362. The van der Waals surface area contributed by atoms with Crippen LogP contribution in [0.1, 0.15) is 34.5 Å². The highest BCUT2D eigenvalue weighted by Gasteiger charge is 2.32. The van der Waals surface area contributed by atoms with Crippen molar-refractivity contribution in [2.24, 2.45) is 4.99 Å². The number of aliphatic imine (C=N–C) groups is 1. The first-order valence-corrected chi connectivity index (χ1v) is 13.1. The molecule has 40 heavy (non-hydrogen) atoms. The Bertz CT molecular complexity index is 1640. The number of nitrogen functional groups attached to an aromatic ring is 1. The maximum Gasteiger partial charge on any atom is 0.416 e. The molecule has 10 heteroatoms. The lowest BCUT2D eigenvalue weighted by molar-refractivity contribution is -0.137. The number of nitrogens with one attached hydrogen (secondary N) is 3. The van der Waals surface area contributed by atoms with E-state index in [4.69, 9.17) is 16.1 Å². The average Bonchev–Trinajstić information content (AvgIpc) is 3.44. The van der Waals surface area contributed by atoms with Gasteiger partial charge in [-0.1, -0.05) is 42.5 Å².